The quantitative estimate of drug-likeness (QED) is 0.634. The number of amides is 1. The first-order chi connectivity index (χ1) is 15.8. The SMILES string of the molecule is NC1=N[C@](CF)(c2cc(NC(=O)c3ncc(C(F)(F)F)cn3)ccc2F)[C@H]2CC(F)(F)C[C@H]2O1. The predicted molar refractivity (Wildman–Crippen MR) is 103 cm³/mol. The van der Waals surface area contributed by atoms with Gasteiger partial charge in [-0.05, 0) is 18.2 Å². The van der Waals surface area contributed by atoms with Crippen LogP contribution in [-0.4, -0.2) is 40.6 Å². The normalized spacial score (nSPS) is 25.8. The lowest BCUT2D eigenvalue weighted by atomic mass is 9.76. The number of rotatable bonds is 4. The van der Waals surface area contributed by atoms with Crippen LogP contribution in [0.15, 0.2) is 35.6 Å². The Labute approximate surface area is 187 Å². The summed E-state index contributed by atoms with van der Waals surface area (Å²) in [5.41, 5.74) is 1.71. The molecule has 1 aromatic carbocycles. The first kappa shape index (κ1) is 23.7. The molecule has 1 aliphatic carbocycles. The molecule has 14 heteroatoms. The van der Waals surface area contributed by atoms with Crippen LogP contribution in [0.5, 0.6) is 0 Å². The van der Waals surface area contributed by atoms with E-state index in [2.05, 4.69) is 20.3 Å². The molecule has 1 amide bonds. The van der Waals surface area contributed by atoms with E-state index in [0.717, 1.165) is 18.2 Å². The van der Waals surface area contributed by atoms with E-state index in [9.17, 15) is 35.5 Å². The lowest BCUT2D eigenvalue weighted by Gasteiger charge is -2.40. The number of aromatic nitrogens is 2. The maximum absolute atomic E-state index is 14.8. The molecule has 2 aromatic rings. The third-order valence-corrected chi connectivity index (χ3v) is 5.74. The molecule has 1 aliphatic heterocycles. The van der Waals surface area contributed by atoms with Crippen LogP contribution in [-0.2, 0) is 16.5 Å². The lowest BCUT2D eigenvalue weighted by Crippen LogP contribution is -2.48. The highest BCUT2D eigenvalue weighted by Gasteiger charge is 2.60. The predicted octanol–water partition coefficient (Wildman–Crippen LogP) is 3.81. The highest BCUT2D eigenvalue weighted by molar-refractivity contribution is 6.01. The van der Waals surface area contributed by atoms with Gasteiger partial charge >= 0.3 is 6.18 Å². The van der Waals surface area contributed by atoms with Crippen molar-refractivity contribution < 1.29 is 40.3 Å². The third kappa shape index (κ3) is 4.23. The standard InChI is InChI=1S/C20H16F7N5O2/c21-8-19(12-4-18(23,24)5-14(12)34-17(28)32-19)11-3-10(1-2-13(11)22)31-16(33)15-29-6-9(7-30-15)20(25,26)27/h1-3,6-7,12,14H,4-5,8H2,(H2,28,32)(H,31,33)/t12-,14+,19+/m0/s1. The molecule has 34 heavy (non-hydrogen) atoms. The van der Waals surface area contributed by atoms with E-state index in [1.165, 1.54) is 0 Å². The van der Waals surface area contributed by atoms with Crippen molar-refractivity contribution in [3.8, 4) is 0 Å². The molecule has 182 valence electrons. The maximum Gasteiger partial charge on any atom is 0.419 e. The number of alkyl halides is 6. The summed E-state index contributed by atoms with van der Waals surface area (Å²) >= 11 is 0. The summed E-state index contributed by atoms with van der Waals surface area (Å²) in [5.74, 6) is -7.12. The zero-order valence-corrected chi connectivity index (χ0v) is 17.0. The number of hydrogen-bond donors (Lipinski definition) is 2. The number of amidine groups is 1. The van der Waals surface area contributed by atoms with Crippen molar-refractivity contribution in [2.75, 3.05) is 12.0 Å². The van der Waals surface area contributed by atoms with Crippen molar-refractivity contribution in [1.29, 1.82) is 0 Å². The summed E-state index contributed by atoms with van der Waals surface area (Å²) in [7, 11) is 0. The Kier molecular flexibility index (Phi) is 5.64. The fraction of sp³-hybridized carbons (Fsp3) is 0.400. The summed E-state index contributed by atoms with van der Waals surface area (Å²) in [6.07, 6.45) is -6.66. The van der Waals surface area contributed by atoms with Crippen molar-refractivity contribution >= 4 is 17.6 Å². The van der Waals surface area contributed by atoms with Gasteiger partial charge in [-0.2, -0.15) is 13.2 Å². The van der Waals surface area contributed by atoms with Crippen LogP contribution in [0.3, 0.4) is 0 Å². The third-order valence-electron chi connectivity index (χ3n) is 5.74. The molecular weight excluding hydrogens is 475 g/mol. The van der Waals surface area contributed by atoms with E-state index in [0.29, 0.717) is 12.4 Å². The Balaban J connectivity index is 1.66. The number of fused-ring (bicyclic) bond motifs is 1. The van der Waals surface area contributed by atoms with Gasteiger partial charge in [0, 0.05) is 42.4 Å². The van der Waals surface area contributed by atoms with E-state index in [1.807, 2.05) is 0 Å². The van der Waals surface area contributed by atoms with Crippen molar-refractivity contribution in [3.63, 3.8) is 0 Å². The number of nitrogens with two attached hydrogens (primary N) is 1. The van der Waals surface area contributed by atoms with Gasteiger partial charge in [0.2, 0.25) is 5.82 Å². The smallest absolute Gasteiger partial charge is 0.419 e. The Morgan fingerprint density at radius 2 is 1.88 bits per heavy atom. The van der Waals surface area contributed by atoms with E-state index in [-0.39, 0.29) is 5.69 Å². The zero-order chi connectivity index (χ0) is 24.9. The van der Waals surface area contributed by atoms with E-state index in [4.69, 9.17) is 10.5 Å². The molecule has 7 nitrogen and oxygen atoms in total. The molecule has 4 rings (SSSR count). The summed E-state index contributed by atoms with van der Waals surface area (Å²) in [4.78, 5) is 22.9. The number of hydrogen-bond acceptors (Lipinski definition) is 6. The largest absolute Gasteiger partial charge is 0.461 e. The molecule has 1 aromatic heterocycles. The van der Waals surface area contributed by atoms with Gasteiger partial charge in [-0.1, -0.05) is 0 Å². The summed E-state index contributed by atoms with van der Waals surface area (Å²) < 4.78 is 100. The Hall–Kier alpha value is -3.45. The van der Waals surface area contributed by atoms with Crippen LogP contribution in [0.4, 0.5) is 36.4 Å². The topological polar surface area (TPSA) is 102 Å². The van der Waals surface area contributed by atoms with Crippen LogP contribution in [0.2, 0.25) is 0 Å². The van der Waals surface area contributed by atoms with Crippen molar-refractivity contribution in [2.45, 2.75) is 36.6 Å². The molecule has 1 fully saturated rings. The van der Waals surface area contributed by atoms with Gasteiger partial charge < -0.3 is 15.8 Å². The number of nitrogens with one attached hydrogen (secondary N) is 1. The van der Waals surface area contributed by atoms with Gasteiger partial charge in [-0.25, -0.2) is 32.5 Å². The van der Waals surface area contributed by atoms with E-state index >= 15 is 0 Å². The lowest BCUT2D eigenvalue weighted by molar-refractivity contribution is -0.138. The number of halogens is 7. The first-order valence-corrected chi connectivity index (χ1v) is 9.81. The second-order valence-corrected chi connectivity index (χ2v) is 7.98. The molecule has 3 N–H and O–H groups in total. The molecule has 1 saturated carbocycles. The van der Waals surface area contributed by atoms with Crippen LogP contribution in [0, 0.1) is 11.7 Å². The maximum atomic E-state index is 14.8. The van der Waals surface area contributed by atoms with E-state index in [1.54, 1.807) is 0 Å². The molecule has 0 unspecified atom stereocenters. The first-order valence-electron chi connectivity index (χ1n) is 9.81. The van der Waals surface area contributed by atoms with Gasteiger partial charge in [0.05, 0.1) is 5.56 Å². The number of carbonyl (C=O) groups excluding carboxylic acids is 1. The minimum atomic E-state index is -4.71. The molecule has 0 saturated heterocycles. The molecule has 2 heterocycles. The average molecular weight is 491 g/mol. The number of ether oxygens (including phenoxy) is 1. The number of anilines is 1. The monoisotopic (exact) mass is 491 g/mol. The van der Waals surface area contributed by atoms with Crippen molar-refractivity contribution in [2.24, 2.45) is 16.6 Å². The summed E-state index contributed by atoms with van der Waals surface area (Å²) in [6, 6.07) is 2.36. The fourth-order valence-corrected chi connectivity index (χ4v) is 4.21. The Morgan fingerprint density at radius 3 is 2.50 bits per heavy atom. The van der Waals surface area contributed by atoms with Gasteiger partial charge in [0.1, 0.15) is 24.1 Å². The highest BCUT2D eigenvalue weighted by Crippen LogP contribution is 2.53. The van der Waals surface area contributed by atoms with Gasteiger partial charge in [-0.15, -0.1) is 0 Å². The molecule has 3 atom stereocenters. The van der Waals surface area contributed by atoms with Crippen LogP contribution in [0.1, 0.15) is 34.6 Å². The van der Waals surface area contributed by atoms with Gasteiger partial charge in [0.25, 0.3) is 17.9 Å². The zero-order valence-electron chi connectivity index (χ0n) is 17.0. The number of benzene rings is 1. The molecular formula is C20H16F7N5O2. The minimum Gasteiger partial charge on any atom is -0.461 e. The van der Waals surface area contributed by atoms with Gasteiger partial charge in [0.15, 0.2) is 0 Å². The van der Waals surface area contributed by atoms with Crippen LogP contribution < -0.4 is 11.1 Å². The van der Waals surface area contributed by atoms with Crippen molar-refractivity contribution in [1.82, 2.24) is 9.97 Å². The molecule has 0 bridgehead atoms. The van der Waals surface area contributed by atoms with E-state index < -0.39 is 83.9 Å². The molecule has 2 aliphatic rings. The van der Waals surface area contributed by atoms with Crippen molar-refractivity contribution in [3.05, 3.63) is 53.4 Å². The van der Waals surface area contributed by atoms with Gasteiger partial charge in [-0.3, -0.25) is 4.79 Å². The number of nitrogens with zero attached hydrogens (tertiary/aromatic N) is 3. The molecule has 0 radical (unpaired) electrons. The minimum absolute atomic E-state index is 0.126. The fourth-order valence-electron chi connectivity index (χ4n) is 4.21. The number of carbonyl (C=O) groups is 1. The summed E-state index contributed by atoms with van der Waals surface area (Å²) in [5, 5.41) is 2.26. The van der Waals surface area contributed by atoms with Crippen LogP contribution in [0.25, 0.3) is 0 Å². The average Bonchev–Trinajstić information content (AvgIpc) is 3.08. The number of aliphatic imine (C=N–C) groups is 1. The Morgan fingerprint density at radius 1 is 1.21 bits per heavy atom. The second-order valence-electron chi connectivity index (χ2n) is 7.98. The van der Waals surface area contributed by atoms with Crippen LogP contribution >= 0.6 is 0 Å². The highest BCUT2D eigenvalue weighted by atomic mass is 19.4. The molecule has 0 spiro atoms. The second kappa shape index (κ2) is 8.09. The summed E-state index contributed by atoms with van der Waals surface area (Å²) in [6.45, 7) is -1.38. The Bertz CT molecular complexity index is 1140.